The number of fused-ring (bicyclic) bond motifs is 4. The van der Waals surface area contributed by atoms with Crippen LogP contribution in [0.4, 0.5) is 0 Å². The summed E-state index contributed by atoms with van der Waals surface area (Å²) in [5.74, 6) is -3.56. The zero-order valence-corrected chi connectivity index (χ0v) is 26.2. The van der Waals surface area contributed by atoms with Crippen molar-refractivity contribution in [3.05, 3.63) is 140 Å². The molecule has 4 nitrogen and oxygen atoms in total. The van der Waals surface area contributed by atoms with E-state index in [1.165, 1.54) is 45.3 Å². The molecule has 0 amide bonds. The molecule has 0 fully saturated rings. The highest BCUT2D eigenvalue weighted by atomic mass is 32.1. The molecule has 2 aliphatic rings. The van der Waals surface area contributed by atoms with Crippen LogP contribution >= 0.6 is 45.3 Å². The Hall–Kier alpha value is -4.86. The molecule has 0 aliphatic heterocycles. The predicted molar refractivity (Wildman–Crippen MR) is 190 cm³/mol. The van der Waals surface area contributed by atoms with E-state index < -0.39 is 105 Å². The Morgan fingerprint density at radius 3 is 1.22 bits per heavy atom. The Labute approximate surface area is 292 Å². The van der Waals surface area contributed by atoms with E-state index in [2.05, 4.69) is 0 Å². The van der Waals surface area contributed by atoms with Crippen LogP contribution in [0.3, 0.4) is 0 Å². The van der Waals surface area contributed by atoms with E-state index in [-0.39, 0.29) is 12.1 Å². The highest BCUT2D eigenvalue weighted by molar-refractivity contribution is 7.27. The lowest BCUT2D eigenvalue weighted by Gasteiger charge is -1.92. The summed E-state index contributed by atoms with van der Waals surface area (Å²) in [6.45, 7) is 0. The van der Waals surface area contributed by atoms with Crippen LogP contribution in [0.1, 0.15) is 64.9 Å². The molecule has 0 atom stereocenters. The summed E-state index contributed by atoms with van der Waals surface area (Å²) in [6.07, 6.45) is 0. The normalized spacial score (nSPS) is 17.2. The van der Waals surface area contributed by atoms with Gasteiger partial charge in [0.2, 0.25) is 0 Å². The molecule has 0 radical (unpaired) electrons. The zero-order valence-electron chi connectivity index (χ0n) is 32.9. The molecule has 0 bridgehead atoms. The number of thiophene rings is 4. The van der Waals surface area contributed by atoms with Crippen LogP contribution in [0.2, 0.25) is 0 Å². The van der Waals surface area contributed by atoms with Gasteiger partial charge in [-0.05, 0) is 71.4 Å². The monoisotopic (exact) mass is 676 g/mol. The van der Waals surface area contributed by atoms with Crippen molar-refractivity contribution in [3.63, 3.8) is 0 Å². The molecule has 0 spiro atoms. The zero-order chi connectivity index (χ0) is 39.8. The molecule has 0 N–H and O–H groups in total. The van der Waals surface area contributed by atoms with Gasteiger partial charge >= 0.3 is 0 Å². The summed E-state index contributed by atoms with van der Waals surface area (Å²) in [4.78, 5) is 57.0. The fourth-order valence-electron chi connectivity index (χ4n) is 5.38. The maximum Gasteiger partial charge on any atom is 0.197 e. The van der Waals surface area contributed by atoms with Crippen molar-refractivity contribution in [2.75, 3.05) is 0 Å². The minimum Gasteiger partial charge on any atom is -0.288 e. The smallest absolute Gasteiger partial charge is 0.197 e. The third-order valence-electron chi connectivity index (χ3n) is 7.54. The first kappa shape index (κ1) is 19.0. The van der Waals surface area contributed by atoms with Gasteiger partial charge < -0.3 is 0 Å². The minimum atomic E-state index is -0.890. The number of hydrogen-bond donors (Lipinski definition) is 0. The molecule has 4 aromatic heterocycles. The Morgan fingerprint density at radius 1 is 0.478 bits per heavy atom. The van der Waals surface area contributed by atoms with Gasteiger partial charge in [0.25, 0.3) is 0 Å². The Morgan fingerprint density at radius 2 is 0.848 bits per heavy atom. The molecular weight excluding hydrogens is 649 g/mol. The van der Waals surface area contributed by atoms with Gasteiger partial charge in [-0.3, -0.25) is 19.2 Å². The number of benzene rings is 3. The van der Waals surface area contributed by atoms with Crippen molar-refractivity contribution >= 4 is 101 Å². The van der Waals surface area contributed by atoms with Gasteiger partial charge in [0.15, 0.2) is 23.1 Å². The van der Waals surface area contributed by atoms with Crippen molar-refractivity contribution in [3.8, 4) is 19.5 Å². The van der Waals surface area contributed by atoms with E-state index >= 15 is 0 Å². The van der Waals surface area contributed by atoms with Gasteiger partial charge in [-0.25, -0.2) is 0 Å². The van der Waals surface area contributed by atoms with Crippen molar-refractivity contribution in [1.82, 2.24) is 0 Å². The fraction of sp³-hybridized carbons (Fsp3) is 0. The quantitative estimate of drug-likeness (QED) is 0.137. The van der Waals surface area contributed by atoms with Crippen molar-refractivity contribution in [2.24, 2.45) is 0 Å². The third kappa shape index (κ3) is 4.29. The SMILES string of the molecule is [2H]C(=C1C(=O)c2c([2H])c([2H])c([2H])c([2H])c2C1=O)c1ccc(-c2cc3cc4sc(-c5ccc(C([2H])=C6C(=O)c7c([2H])c([2H])c([2H])c([2H])c7C6=O)s5)cc4cc3s2)s1. The first-order valence-electron chi connectivity index (χ1n) is 18.6. The average Bonchev–Trinajstić information content (AvgIpc) is 4.02. The van der Waals surface area contributed by atoms with Crippen molar-refractivity contribution in [1.29, 1.82) is 0 Å². The maximum absolute atomic E-state index is 13.2. The average molecular weight is 677 g/mol. The molecule has 0 saturated carbocycles. The number of rotatable bonds is 4. The van der Waals surface area contributed by atoms with Crippen LogP contribution in [0.25, 0.3) is 51.8 Å². The highest BCUT2D eigenvalue weighted by Gasteiger charge is 2.33. The Balaban J connectivity index is 1.00. The van der Waals surface area contributed by atoms with Gasteiger partial charge in [-0.15, -0.1) is 45.3 Å². The summed E-state index contributed by atoms with van der Waals surface area (Å²) in [5.41, 5.74) is -2.60. The lowest BCUT2D eigenvalue weighted by atomic mass is 10.1. The fourth-order valence-corrected chi connectivity index (χ4v) is 9.55. The second-order valence-electron chi connectivity index (χ2n) is 10.3. The van der Waals surface area contributed by atoms with Gasteiger partial charge in [-0.2, -0.15) is 0 Å². The van der Waals surface area contributed by atoms with E-state index in [0.29, 0.717) is 9.75 Å². The van der Waals surface area contributed by atoms with Crippen LogP contribution in [0.15, 0.2) is 108 Å². The van der Waals surface area contributed by atoms with E-state index in [9.17, 15) is 19.2 Å². The lowest BCUT2D eigenvalue weighted by Crippen LogP contribution is -1.99. The molecular formula is C38H18O4S4. The summed E-state index contributed by atoms with van der Waals surface area (Å²) in [6, 6.07) is 9.39. The summed E-state index contributed by atoms with van der Waals surface area (Å²) >= 11 is 5.46. The van der Waals surface area contributed by atoms with Crippen LogP contribution in [-0.2, 0) is 0 Å². The number of carbonyl (C=O) groups is 4. The van der Waals surface area contributed by atoms with Gasteiger partial charge in [0.05, 0.1) is 24.9 Å². The maximum atomic E-state index is 13.2. The molecule has 0 saturated heterocycles. The molecule has 0 unspecified atom stereocenters. The molecule has 2 aliphatic carbocycles. The number of carbonyl (C=O) groups excluding carboxylic acids is 4. The van der Waals surface area contributed by atoms with Gasteiger partial charge in [-0.1, -0.05) is 48.3 Å². The van der Waals surface area contributed by atoms with Gasteiger partial charge in [0.1, 0.15) is 0 Å². The van der Waals surface area contributed by atoms with Crippen LogP contribution < -0.4 is 0 Å². The second kappa shape index (κ2) is 10.3. The van der Waals surface area contributed by atoms with E-state index in [0.717, 1.165) is 39.7 Å². The summed E-state index contributed by atoms with van der Waals surface area (Å²) < 4.78 is 83.7. The van der Waals surface area contributed by atoms with Gasteiger partial charge in [0, 0.05) is 60.9 Å². The first-order valence-corrected chi connectivity index (χ1v) is 16.8. The summed E-state index contributed by atoms with van der Waals surface area (Å²) in [5, 5.41) is 1.92. The number of hydrogen-bond acceptors (Lipinski definition) is 8. The molecule has 218 valence electrons. The molecule has 4 heterocycles. The first-order chi connectivity index (χ1) is 26.6. The third-order valence-corrected chi connectivity index (χ3v) is 12.1. The number of ketones is 4. The van der Waals surface area contributed by atoms with E-state index in [1.807, 2.05) is 24.3 Å². The Kier molecular flexibility index (Phi) is 4.26. The van der Waals surface area contributed by atoms with E-state index in [1.54, 1.807) is 24.3 Å². The van der Waals surface area contributed by atoms with Crippen LogP contribution in [-0.4, -0.2) is 23.1 Å². The molecule has 7 aromatic rings. The van der Waals surface area contributed by atoms with Crippen molar-refractivity contribution in [2.45, 2.75) is 0 Å². The number of Topliss-reactive ketones (excluding diaryl/α,β-unsaturated/α-hetero) is 4. The Bertz CT molecular complexity index is 2770. The second-order valence-corrected chi connectivity index (χ2v) is 14.6. The molecule has 9 rings (SSSR count). The number of allylic oxidation sites excluding steroid dienone is 2. The predicted octanol–water partition coefficient (Wildman–Crippen LogP) is 10.5. The largest absolute Gasteiger partial charge is 0.288 e. The standard InChI is InChI=1S/C38H18O4S4/c39-35-23-5-1-2-6-24(23)36(40)27(35)17-21-9-11-29(43-21)33-15-19-13-32-20(14-31(19)45-33)16-34(46-32)30-12-10-22(44-30)18-28-37(41)25-7-3-4-8-26(25)38(28)42/h1-18H/i1D,2D,3D,4D,5D,6D,7D,8D,17D,18D. The van der Waals surface area contributed by atoms with Crippen LogP contribution in [0, 0.1) is 0 Å². The molecule has 46 heavy (non-hydrogen) atoms. The van der Waals surface area contributed by atoms with Crippen LogP contribution in [0.5, 0.6) is 0 Å². The van der Waals surface area contributed by atoms with Crippen molar-refractivity contribution < 1.29 is 32.9 Å². The minimum absolute atomic E-state index is 0.335. The molecule has 3 aromatic carbocycles. The molecule has 8 heteroatoms. The van der Waals surface area contributed by atoms with E-state index in [4.69, 9.17) is 13.7 Å². The highest BCUT2D eigenvalue weighted by Crippen LogP contribution is 2.43. The topological polar surface area (TPSA) is 68.3 Å². The summed E-state index contributed by atoms with van der Waals surface area (Å²) in [7, 11) is 0. The lowest BCUT2D eigenvalue weighted by molar-refractivity contribution is 0.0975.